The first-order valence-electron chi connectivity index (χ1n) is 7.55. The highest BCUT2D eigenvalue weighted by Crippen LogP contribution is 2.29. The van der Waals surface area contributed by atoms with Crippen LogP contribution >= 0.6 is 0 Å². The van der Waals surface area contributed by atoms with Crippen molar-refractivity contribution in [1.82, 2.24) is 10.1 Å². The number of hydrogen-bond donors (Lipinski definition) is 2. The number of sulfonamides is 1. The lowest BCUT2D eigenvalue weighted by atomic mass is 10.2. The van der Waals surface area contributed by atoms with E-state index in [-0.39, 0.29) is 4.90 Å². The molecule has 0 aliphatic carbocycles. The summed E-state index contributed by atoms with van der Waals surface area (Å²) in [5.74, 6) is 0.388. The van der Waals surface area contributed by atoms with Crippen LogP contribution in [0.25, 0.3) is 0 Å². The summed E-state index contributed by atoms with van der Waals surface area (Å²) in [7, 11) is -0.746. The first-order chi connectivity index (χ1) is 12.5. The lowest BCUT2D eigenvalue weighted by Gasteiger charge is -2.09. The molecule has 9 heteroatoms. The summed E-state index contributed by atoms with van der Waals surface area (Å²) in [5.41, 5.74) is 2.85. The van der Waals surface area contributed by atoms with Gasteiger partial charge in [0, 0.05) is 5.56 Å². The molecule has 2 rings (SSSR count). The molecule has 0 atom stereocenters. The highest BCUT2D eigenvalue weighted by Gasteiger charge is 2.14. The van der Waals surface area contributed by atoms with Gasteiger partial charge in [-0.15, -0.1) is 0 Å². The van der Waals surface area contributed by atoms with E-state index in [9.17, 15) is 13.2 Å². The van der Waals surface area contributed by atoms with E-state index in [0.717, 1.165) is 0 Å². The van der Waals surface area contributed by atoms with E-state index in [1.54, 1.807) is 36.4 Å². The van der Waals surface area contributed by atoms with Crippen LogP contribution in [0.5, 0.6) is 11.5 Å². The average molecular weight is 377 g/mol. The maximum Gasteiger partial charge on any atom is 0.255 e. The quantitative estimate of drug-likeness (QED) is 0.530. The number of hydrogen-bond acceptors (Lipinski definition) is 6. The Labute approximate surface area is 151 Å². The molecule has 0 aliphatic heterocycles. The SMILES string of the molecule is COc1cccc(/C=N/NC(=O)CNS(=O)(=O)c2ccccc2)c1OC. The zero-order valence-electron chi connectivity index (χ0n) is 14.3. The molecule has 0 aliphatic rings. The summed E-state index contributed by atoms with van der Waals surface area (Å²) in [6.45, 7) is -0.441. The zero-order valence-corrected chi connectivity index (χ0v) is 15.1. The molecule has 0 saturated carbocycles. The number of hydrazone groups is 1. The van der Waals surface area contributed by atoms with Crippen molar-refractivity contribution in [2.45, 2.75) is 4.90 Å². The number of amides is 1. The van der Waals surface area contributed by atoms with Gasteiger partial charge in [-0.25, -0.2) is 18.6 Å². The molecule has 0 heterocycles. The summed E-state index contributed by atoms with van der Waals surface area (Å²) in [6, 6.07) is 13.0. The predicted octanol–water partition coefficient (Wildman–Crippen LogP) is 1.13. The number of benzene rings is 2. The monoisotopic (exact) mass is 377 g/mol. The number of carbonyl (C=O) groups excluding carboxylic acids is 1. The number of nitrogens with zero attached hydrogens (tertiary/aromatic N) is 1. The van der Waals surface area contributed by atoms with Gasteiger partial charge >= 0.3 is 0 Å². The van der Waals surface area contributed by atoms with Crippen molar-refractivity contribution < 1.29 is 22.7 Å². The van der Waals surface area contributed by atoms with Gasteiger partial charge in [-0.05, 0) is 24.3 Å². The Kier molecular flexibility index (Phi) is 6.70. The second kappa shape index (κ2) is 8.97. The fourth-order valence-corrected chi connectivity index (χ4v) is 3.07. The van der Waals surface area contributed by atoms with Gasteiger partial charge in [-0.3, -0.25) is 4.79 Å². The first kappa shape index (κ1) is 19.4. The molecule has 8 nitrogen and oxygen atoms in total. The molecular weight excluding hydrogens is 358 g/mol. The Morgan fingerprint density at radius 3 is 2.46 bits per heavy atom. The van der Waals surface area contributed by atoms with E-state index < -0.39 is 22.5 Å². The average Bonchev–Trinajstić information content (AvgIpc) is 2.67. The molecule has 0 aromatic heterocycles. The van der Waals surface area contributed by atoms with E-state index in [4.69, 9.17) is 9.47 Å². The molecule has 26 heavy (non-hydrogen) atoms. The van der Waals surface area contributed by atoms with Gasteiger partial charge in [0.05, 0.1) is 31.9 Å². The largest absolute Gasteiger partial charge is 0.493 e. The van der Waals surface area contributed by atoms with Gasteiger partial charge in [0.2, 0.25) is 10.0 Å². The lowest BCUT2D eigenvalue weighted by Crippen LogP contribution is -2.34. The van der Waals surface area contributed by atoms with E-state index in [0.29, 0.717) is 17.1 Å². The highest BCUT2D eigenvalue weighted by atomic mass is 32.2. The van der Waals surface area contributed by atoms with Crippen LogP contribution in [0.1, 0.15) is 5.56 Å². The third-order valence-electron chi connectivity index (χ3n) is 3.30. The number of rotatable bonds is 8. The van der Waals surface area contributed by atoms with Crippen molar-refractivity contribution in [3.63, 3.8) is 0 Å². The lowest BCUT2D eigenvalue weighted by molar-refractivity contribution is -0.119. The molecular formula is C17H19N3O5S. The molecule has 2 aromatic rings. The topological polar surface area (TPSA) is 106 Å². The third-order valence-corrected chi connectivity index (χ3v) is 4.72. The molecule has 0 bridgehead atoms. The van der Waals surface area contributed by atoms with Crippen LogP contribution in [-0.4, -0.2) is 41.3 Å². The third kappa shape index (κ3) is 5.04. The molecule has 0 fully saturated rings. The fraction of sp³-hybridized carbons (Fsp3) is 0.176. The molecule has 1 amide bonds. The van der Waals surface area contributed by atoms with Crippen LogP contribution in [0, 0.1) is 0 Å². The van der Waals surface area contributed by atoms with Crippen molar-refractivity contribution in [1.29, 1.82) is 0 Å². The van der Waals surface area contributed by atoms with E-state index in [1.807, 2.05) is 0 Å². The summed E-state index contributed by atoms with van der Waals surface area (Å²) >= 11 is 0. The van der Waals surface area contributed by atoms with Gasteiger partial charge in [-0.1, -0.05) is 24.3 Å². The molecule has 0 unspecified atom stereocenters. The second-order valence-electron chi connectivity index (χ2n) is 5.01. The van der Waals surface area contributed by atoms with Crippen LogP contribution in [0.2, 0.25) is 0 Å². The second-order valence-corrected chi connectivity index (χ2v) is 6.78. The molecule has 0 saturated heterocycles. The van der Waals surface area contributed by atoms with Crippen molar-refractivity contribution >= 4 is 22.1 Å². The minimum Gasteiger partial charge on any atom is -0.493 e. The molecule has 0 radical (unpaired) electrons. The Morgan fingerprint density at radius 1 is 1.08 bits per heavy atom. The van der Waals surface area contributed by atoms with Crippen molar-refractivity contribution in [3.8, 4) is 11.5 Å². The number of nitrogens with one attached hydrogen (secondary N) is 2. The van der Waals surface area contributed by atoms with Gasteiger partial charge < -0.3 is 9.47 Å². The molecule has 0 spiro atoms. The van der Waals surface area contributed by atoms with Crippen LogP contribution < -0.4 is 19.6 Å². The maximum absolute atomic E-state index is 12.0. The van der Waals surface area contributed by atoms with E-state index in [1.165, 1.54) is 32.6 Å². The fourth-order valence-electron chi connectivity index (χ4n) is 2.07. The van der Waals surface area contributed by atoms with Crippen LogP contribution in [0.15, 0.2) is 58.5 Å². The Bertz CT molecular complexity index is 883. The van der Waals surface area contributed by atoms with Gasteiger partial charge in [0.1, 0.15) is 0 Å². The molecule has 138 valence electrons. The standard InChI is InChI=1S/C17H19N3O5S/c1-24-15-10-6-7-13(17(15)25-2)11-18-20-16(21)12-19-26(22,23)14-8-4-3-5-9-14/h3-11,19H,12H2,1-2H3,(H,20,21)/b18-11+. The first-order valence-corrected chi connectivity index (χ1v) is 9.04. The minimum atomic E-state index is -3.75. The smallest absolute Gasteiger partial charge is 0.255 e. The van der Waals surface area contributed by atoms with E-state index in [2.05, 4.69) is 15.2 Å². The summed E-state index contributed by atoms with van der Waals surface area (Å²) in [5, 5.41) is 3.80. The van der Waals surface area contributed by atoms with Crippen LogP contribution in [-0.2, 0) is 14.8 Å². The summed E-state index contributed by atoms with van der Waals surface area (Å²) < 4.78 is 36.7. The Hall–Kier alpha value is -2.91. The Balaban J connectivity index is 1.94. The minimum absolute atomic E-state index is 0.0809. The normalized spacial score (nSPS) is 11.3. The van der Waals surface area contributed by atoms with Crippen molar-refractivity contribution in [2.24, 2.45) is 5.10 Å². The van der Waals surface area contributed by atoms with E-state index >= 15 is 0 Å². The molecule has 2 aromatic carbocycles. The van der Waals surface area contributed by atoms with Crippen LogP contribution in [0.4, 0.5) is 0 Å². The van der Waals surface area contributed by atoms with Crippen molar-refractivity contribution in [2.75, 3.05) is 20.8 Å². The maximum atomic E-state index is 12.0. The predicted molar refractivity (Wildman–Crippen MR) is 96.9 cm³/mol. The number of carbonyl (C=O) groups is 1. The van der Waals surface area contributed by atoms with Crippen LogP contribution in [0.3, 0.4) is 0 Å². The summed E-state index contributed by atoms with van der Waals surface area (Å²) in [6.07, 6.45) is 1.38. The summed E-state index contributed by atoms with van der Waals surface area (Å²) in [4.78, 5) is 11.9. The Morgan fingerprint density at radius 2 is 1.81 bits per heavy atom. The van der Waals surface area contributed by atoms with Gasteiger partial charge in [-0.2, -0.15) is 5.10 Å². The number of para-hydroxylation sites is 1. The van der Waals surface area contributed by atoms with Gasteiger partial charge in [0.15, 0.2) is 11.5 Å². The highest BCUT2D eigenvalue weighted by molar-refractivity contribution is 7.89. The number of ether oxygens (including phenoxy) is 2. The van der Waals surface area contributed by atoms with Gasteiger partial charge in [0.25, 0.3) is 5.91 Å². The number of methoxy groups -OCH3 is 2. The molecule has 2 N–H and O–H groups in total. The zero-order chi connectivity index (χ0) is 19.0. The van der Waals surface area contributed by atoms with Crippen molar-refractivity contribution in [3.05, 3.63) is 54.1 Å².